The lowest BCUT2D eigenvalue weighted by molar-refractivity contribution is -0.116. The van der Waals surface area contributed by atoms with Crippen molar-refractivity contribution in [3.63, 3.8) is 0 Å². The van der Waals surface area contributed by atoms with Gasteiger partial charge >= 0.3 is 6.09 Å². The van der Waals surface area contributed by atoms with Crippen molar-refractivity contribution < 1.29 is 18.7 Å². The average molecular weight is 424 g/mol. The summed E-state index contributed by atoms with van der Waals surface area (Å²) in [4.78, 5) is 24.5. The number of benzene rings is 2. The number of hydrogen-bond donors (Lipinski definition) is 2. The molecule has 7 nitrogen and oxygen atoms in total. The van der Waals surface area contributed by atoms with Gasteiger partial charge in [0.15, 0.2) is 0 Å². The molecule has 1 heterocycles. The van der Waals surface area contributed by atoms with Crippen molar-refractivity contribution >= 4 is 23.4 Å². The van der Waals surface area contributed by atoms with Crippen molar-refractivity contribution in [2.75, 3.05) is 10.6 Å². The molecule has 162 valence electrons. The number of nitrogens with one attached hydrogen (secondary N) is 2. The van der Waals surface area contributed by atoms with E-state index in [1.807, 2.05) is 36.5 Å². The third-order valence-corrected chi connectivity index (χ3v) is 4.19. The SMILES string of the molecule is CC(C)(C)OC(=O)Nc1ccc(F)cc1NC(=O)CCc1cnn(-c2ccccc2)c1. The van der Waals surface area contributed by atoms with Crippen molar-refractivity contribution in [3.8, 4) is 5.69 Å². The molecule has 0 saturated heterocycles. The van der Waals surface area contributed by atoms with E-state index in [1.54, 1.807) is 31.6 Å². The Morgan fingerprint density at radius 1 is 1.06 bits per heavy atom. The number of carbonyl (C=O) groups excluding carboxylic acids is 2. The van der Waals surface area contributed by atoms with Gasteiger partial charge in [-0.05, 0) is 63.1 Å². The lowest BCUT2D eigenvalue weighted by atomic mass is 10.2. The molecule has 0 radical (unpaired) electrons. The molecule has 0 aliphatic heterocycles. The van der Waals surface area contributed by atoms with Crippen LogP contribution in [0.15, 0.2) is 60.9 Å². The number of rotatable bonds is 6. The normalized spacial score (nSPS) is 11.1. The minimum atomic E-state index is -0.692. The minimum absolute atomic E-state index is 0.163. The fraction of sp³-hybridized carbons (Fsp3) is 0.261. The van der Waals surface area contributed by atoms with E-state index in [4.69, 9.17) is 4.74 Å². The Morgan fingerprint density at radius 2 is 1.81 bits per heavy atom. The molecule has 2 N–H and O–H groups in total. The highest BCUT2D eigenvalue weighted by atomic mass is 19.1. The van der Waals surface area contributed by atoms with Crippen LogP contribution < -0.4 is 10.6 Å². The van der Waals surface area contributed by atoms with Gasteiger partial charge in [-0.3, -0.25) is 10.1 Å². The summed E-state index contributed by atoms with van der Waals surface area (Å²) in [5.41, 5.74) is 1.55. The third kappa shape index (κ3) is 6.67. The Balaban J connectivity index is 1.61. The van der Waals surface area contributed by atoms with Crippen LogP contribution in [0.25, 0.3) is 5.69 Å². The van der Waals surface area contributed by atoms with Crippen LogP contribution in [0.3, 0.4) is 0 Å². The number of halogens is 1. The van der Waals surface area contributed by atoms with E-state index in [-0.39, 0.29) is 23.7 Å². The van der Waals surface area contributed by atoms with Crippen LogP contribution in [0.2, 0.25) is 0 Å². The zero-order valence-electron chi connectivity index (χ0n) is 17.7. The van der Waals surface area contributed by atoms with Crippen LogP contribution >= 0.6 is 0 Å². The topological polar surface area (TPSA) is 85.2 Å². The predicted octanol–water partition coefficient (Wildman–Crippen LogP) is 4.93. The zero-order valence-corrected chi connectivity index (χ0v) is 17.7. The summed E-state index contributed by atoms with van der Waals surface area (Å²) in [6.45, 7) is 5.21. The van der Waals surface area contributed by atoms with Crippen LogP contribution in [0.4, 0.5) is 20.6 Å². The number of aryl methyl sites for hydroxylation is 1. The zero-order chi connectivity index (χ0) is 22.4. The van der Waals surface area contributed by atoms with Crippen LogP contribution in [0, 0.1) is 5.82 Å². The monoisotopic (exact) mass is 424 g/mol. The summed E-state index contributed by atoms with van der Waals surface area (Å²) >= 11 is 0. The maximum absolute atomic E-state index is 13.7. The highest BCUT2D eigenvalue weighted by Gasteiger charge is 2.18. The van der Waals surface area contributed by atoms with Gasteiger partial charge in [-0.25, -0.2) is 13.9 Å². The summed E-state index contributed by atoms with van der Waals surface area (Å²) in [7, 11) is 0. The Bertz CT molecular complexity index is 1060. The molecule has 3 rings (SSSR count). The molecule has 0 bridgehead atoms. The molecule has 0 unspecified atom stereocenters. The Morgan fingerprint density at radius 3 is 2.52 bits per heavy atom. The molecule has 31 heavy (non-hydrogen) atoms. The summed E-state index contributed by atoms with van der Waals surface area (Å²) in [6, 6.07) is 13.4. The van der Waals surface area contributed by atoms with Crippen molar-refractivity contribution in [1.82, 2.24) is 9.78 Å². The molecule has 0 atom stereocenters. The predicted molar refractivity (Wildman–Crippen MR) is 117 cm³/mol. The first-order valence-electron chi connectivity index (χ1n) is 9.88. The largest absolute Gasteiger partial charge is 0.444 e. The minimum Gasteiger partial charge on any atom is -0.444 e. The van der Waals surface area contributed by atoms with Gasteiger partial charge in [-0.15, -0.1) is 0 Å². The number of para-hydroxylation sites is 1. The van der Waals surface area contributed by atoms with E-state index in [2.05, 4.69) is 15.7 Å². The lowest BCUT2D eigenvalue weighted by Gasteiger charge is -2.20. The molecule has 2 aromatic carbocycles. The van der Waals surface area contributed by atoms with E-state index in [0.717, 1.165) is 17.3 Å². The first kappa shape index (κ1) is 22.0. The number of anilines is 2. The lowest BCUT2D eigenvalue weighted by Crippen LogP contribution is -2.27. The molecule has 0 aliphatic carbocycles. The number of aromatic nitrogens is 2. The van der Waals surface area contributed by atoms with Crippen LogP contribution in [0.1, 0.15) is 32.8 Å². The van der Waals surface area contributed by atoms with E-state index >= 15 is 0 Å². The van der Waals surface area contributed by atoms with E-state index in [9.17, 15) is 14.0 Å². The van der Waals surface area contributed by atoms with Gasteiger partial charge in [0.1, 0.15) is 11.4 Å². The molecule has 1 aromatic heterocycles. The summed E-state index contributed by atoms with van der Waals surface area (Å²) in [5, 5.41) is 9.50. The number of amides is 2. The van der Waals surface area contributed by atoms with E-state index in [1.165, 1.54) is 12.1 Å². The van der Waals surface area contributed by atoms with Crippen molar-refractivity contribution in [2.24, 2.45) is 0 Å². The fourth-order valence-electron chi connectivity index (χ4n) is 2.82. The standard InChI is InChI=1S/C23H25FN4O3/c1-23(2,3)31-22(30)27-19-11-10-17(24)13-20(19)26-21(29)12-9-16-14-25-28(15-16)18-7-5-4-6-8-18/h4-8,10-11,13-15H,9,12H2,1-3H3,(H,26,29)(H,27,30). The molecule has 3 aromatic rings. The van der Waals surface area contributed by atoms with Gasteiger partial charge in [0, 0.05) is 12.6 Å². The molecule has 8 heteroatoms. The molecule has 0 spiro atoms. The second-order valence-corrected chi connectivity index (χ2v) is 7.99. The fourth-order valence-corrected chi connectivity index (χ4v) is 2.82. The van der Waals surface area contributed by atoms with Crippen molar-refractivity contribution in [3.05, 3.63) is 72.3 Å². The van der Waals surface area contributed by atoms with Gasteiger partial charge in [0.2, 0.25) is 5.91 Å². The van der Waals surface area contributed by atoms with Gasteiger partial charge in [0.25, 0.3) is 0 Å². The average Bonchev–Trinajstić information content (AvgIpc) is 3.17. The number of nitrogens with zero attached hydrogens (tertiary/aromatic N) is 2. The van der Waals surface area contributed by atoms with Gasteiger partial charge < -0.3 is 10.1 Å². The van der Waals surface area contributed by atoms with Crippen LogP contribution in [0.5, 0.6) is 0 Å². The highest BCUT2D eigenvalue weighted by Crippen LogP contribution is 2.24. The highest BCUT2D eigenvalue weighted by molar-refractivity contribution is 5.97. The van der Waals surface area contributed by atoms with E-state index < -0.39 is 17.5 Å². The molecule has 0 aliphatic rings. The molecular formula is C23H25FN4O3. The van der Waals surface area contributed by atoms with Gasteiger partial charge in [0.05, 0.1) is 23.3 Å². The Kier molecular flexibility index (Phi) is 6.69. The second kappa shape index (κ2) is 9.42. The number of ether oxygens (including phenoxy) is 1. The van der Waals surface area contributed by atoms with Gasteiger partial charge in [-0.1, -0.05) is 18.2 Å². The first-order chi connectivity index (χ1) is 14.7. The van der Waals surface area contributed by atoms with Gasteiger partial charge in [-0.2, -0.15) is 5.10 Å². The quantitative estimate of drug-likeness (QED) is 0.588. The number of hydrogen-bond acceptors (Lipinski definition) is 4. The van der Waals surface area contributed by atoms with Crippen molar-refractivity contribution in [2.45, 2.75) is 39.2 Å². The molecule has 0 saturated carbocycles. The van der Waals surface area contributed by atoms with Crippen molar-refractivity contribution in [1.29, 1.82) is 0 Å². The van der Waals surface area contributed by atoms with Crippen LogP contribution in [-0.2, 0) is 16.0 Å². The van der Waals surface area contributed by atoms with E-state index in [0.29, 0.717) is 6.42 Å². The molecular weight excluding hydrogens is 399 g/mol. The maximum Gasteiger partial charge on any atom is 0.412 e. The molecule has 0 fully saturated rings. The third-order valence-electron chi connectivity index (χ3n) is 4.19. The smallest absolute Gasteiger partial charge is 0.412 e. The van der Waals surface area contributed by atoms with Crippen LogP contribution in [-0.4, -0.2) is 27.4 Å². The molecule has 2 amide bonds. The summed E-state index contributed by atoms with van der Waals surface area (Å²) in [6.07, 6.45) is 3.51. The summed E-state index contributed by atoms with van der Waals surface area (Å²) in [5.74, 6) is -0.848. The summed E-state index contributed by atoms with van der Waals surface area (Å²) < 4.78 is 20.7. The first-order valence-corrected chi connectivity index (χ1v) is 9.88. The Labute approximate surface area is 180 Å². The second-order valence-electron chi connectivity index (χ2n) is 7.99. The number of carbonyl (C=O) groups is 2. The maximum atomic E-state index is 13.7. The Hall–Kier alpha value is -3.68.